The van der Waals surface area contributed by atoms with Crippen LogP contribution in [0.2, 0.25) is 0 Å². The highest BCUT2D eigenvalue weighted by Gasteiger charge is 2.16. The van der Waals surface area contributed by atoms with Crippen LogP contribution in [-0.4, -0.2) is 16.7 Å². The van der Waals surface area contributed by atoms with Crippen LogP contribution in [0, 0.1) is 0 Å². The summed E-state index contributed by atoms with van der Waals surface area (Å²) >= 11 is 0. The highest BCUT2D eigenvalue weighted by Crippen LogP contribution is 2.32. The number of rotatable bonds is 6. The van der Waals surface area contributed by atoms with E-state index in [0.29, 0.717) is 0 Å². The van der Waals surface area contributed by atoms with Crippen molar-refractivity contribution in [3.8, 4) is 5.75 Å². The highest BCUT2D eigenvalue weighted by atomic mass is 16.5. The number of methoxy groups -OCH3 is 1. The lowest BCUT2D eigenvalue weighted by Crippen LogP contribution is -2.07. The lowest BCUT2D eigenvalue weighted by atomic mass is 9.87. The van der Waals surface area contributed by atoms with Crippen LogP contribution in [0.25, 0.3) is 6.08 Å². The predicted octanol–water partition coefficient (Wildman–Crippen LogP) is 4.44. The fourth-order valence-electron chi connectivity index (χ4n) is 3.46. The smallest absolute Gasteiger partial charge is 0.122 e. The van der Waals surface area contributed by atoms with Gasteiger partial charge in [-0.15, -0.1) is 0 Å². The van der Waals surface area contributed by atoms with Crippen molar-refractivity contribution in [2.45, 2.75) is 52.0 Å². The Labute approximate surface area is 139 Å². The van der Waals surface area contributed by atoms with E-state index in [0.717, 1.165) is 31.6 Å². The van der Waals surface area contributed by atoms with Crippen molar-refractivity contribution in [2.75, 3.05) is 7.11 Å². The Morgan fingerprint density at radius 3 is 2.83 bits per heavy atom. The van der Waals surface area contributed by atoms with E-state index in [1.807, 2.05) is 6.20 Å². The van der Waals surface area contributed by atoms with E-state index in [2.05, 4.69) is 47.0 Å². The number of fused-ring (bicyclic) bond motifs is 1. The number of benzene rings is 1. The maximum Gasteiger partial charge on any atom is 0.122 e. The molecule has 0 aliphatic heterocycles. The molecule has 0 radical (unpaired) electrons. The molecule has 122 valence electrons. The van der Waals surface area contributed by atoms with Gasteiger partial charge < -0.3 is 9.30 Å². The first-order valence-corrected chi connectivity index (χ1v) is 8.68. The molecule has 0 fully saturated rings. The molecule has 1 aromatic carbocycles. The van der Waals surface area contributed by atoms with Crippen molar-refractivity contribution in [3.63, 3.8) is 0 Å². The van der Waals surface area contributed by atoms with Crippen LogP contribution in [0.5, 0.6) is 5.75 Å². The topological polar surface area (TPSA) is 27.1 Å². The van der Waals surface area contributed by atoms with E-state index < -0.39 is 0 Å². The van der Waals surface area contributed by atoms with Gasteiger partial charge in [-0.3, -0.25) is 0 Å². The summed E-state index contributed by atoms with van der Waals surface area (Å²) in [6.07, 6.45) is 15.5. The number of ether oxygens (including phenoxy) is 1. The van der Waals surface area contributed by atoms with Crippen LogP contribution in [0.3, 0.4) is 0 Å². The van der Waals surface area contributed by atoms with E-state index in [1.54, 1.807) is 7.11 Å². The van der Waals surface area contributed by atoms with Gasteiger partial charge in [0, 0.05) is 25.4 Å². The first-order valence-electron chi connectivity index (χ1n) is 8.68. The molecule has 0 saturated carbocycles. The molecule has 0 atom stereocenters. The maximum absolute atomic E-state index is 5.54. The Morgan fingerprint density at radius 2 is 2.04 bits per heavy atom. The number of imidazole rings is 1. The molecular weight excluding hydrogens is 284 g/mol. The van der Waals surface area contributed by atoms with Crippen LogP contribution in [-0.2, 0) is 25.8 Å². The van der Waals surface area contributed by atoms with Crippen molar-refractivity contribution in [1.82, 2.24) is 9.55 Å². The van der Waals surface area contributed by atoms with Gasteiger partial charge in [0.25, 0.3) is 0 Å². The molecule has 2 aromatic rings. The molecule has 3 heteroatoms. The molecule has 1 heterocycles. The number of aryl methyl sites for hydroxylation is 1. The van der Waals surface area contributed by atoms with Gasteiger partial charge in [-0.25, -0.2) is 4.98 Å². The third kappa shape index (κ3) is 3.49. The van der Waals surface area contributed by atoms with Gasteiger partial charge in [0.1, 0.15) is 11.6 Å². The molecule has 0 amide bonds. The number of hydrogen-bond acceptors (Lipinski definition) is 2. The Hall–Kier alpha value is -2.03. The molecular formula is C20H26N2O. The zero-order valence-corrected chi connectivity index (χ0v) is 14.2. The van der Waals surface area contributed by atoms with E-state index >= 15 is 0 Å². The fourth-order valence-corrected chi connectivity index (χ4v) is 3.46. The zero-order valence-electron chi connectivity index (χ0n) is 14.2. The average Bonchev–Trinajstić information content (AvgIpc) is 3.02. The second kappa shape index (κ2) is 7.49. The molecule has 1 aliphatic rings. The minimum Gasteiger partial charge on any atom is -0.496 e. The number of hydrogen-bond donors (Lipinski definition) is 0. The minimum absolute atomic E-state index is 0.885. The monoisotopic (exact) mass is 310 g/mol. The Kier molecular flexibility index (Phi) is 5.16. The van der Waals surface area contributed by atoms with E-state index in [4.69, 9.17) is 4.74 Å². The van der Waals surface area contributed by atoms with Crippen LogP contribution < -0.4 is 4.74 Å². The quantitative estimate of drug-likeness (QED) is 0.789. The van der Waals surface area contributed by atoms with E-state index in [-0.39, 0.29) is 0 Å². The first kappa shape index (κ1) is 15.9. The molecule has 0 saturated heterocycles. The number of nitrogens with zero attached hydrogens (tertiary/aromatic N) is 2. The summed E-state index contributed by atoms with van der Waals surface area (Å²) in [4.78, 5) is 4.44. The summed E-state index contributed by atoms with van der Waals surface area (Å²) in [6, 6.07) is 4.31. The molecule has 0 N–H and O–H groups in total. The standard InChI is InChI=1S/C20H26N2O/c1-3-7-20-21-13-15-22(20)14-6-8-16-11-12-19(23-2)18-10-5-4-9-17(16)18/h6,8,11-13,15H,3-5,7,9-10,14H2,1-2H3/b8-6+. The van der Waals surface area contributed by atoms with Gasteiger partial charge >= 0.3 is 0 Å². The molecule has 1 aromatic heterocycles. The molecule has 0 unspecified atom stereocenters. The van der Waals surface area contributed by atoms with Crippen molar-refractivity contribution < 1.29 is 4.74 Å². The predicted molar refractivity (Wildman–Crippen MR) is 94.9 cm³/mol. The second-order valence-electron chi connectivity index (χ2n) is 6.17. The van der Waals surface area contributed by atoms with Crippen LogP contribution in [0.1, 0.15) is 48.7 Å². The van der Waals surface area contributed by atoms with Gasteiger partial charge in [0.15, 0.2) is 0 Å². The lowest BCUT2D eigenvalue weighted by Gasteiger charge is -2.20. The summed E-state index contributed by atoms with van der Waals surface area (Å²) in [5.74, 6) is 2.23. The van der Waals surface area contributed by atoms with Crippen molar-refractivity contribution >= 4 is 6.08 Å². The van der Waals surface area contributed by atoms with Crippen LogP contribution in [0.4, 0.5) is 0 Å². The molecule has 3 rings (SSSR count). The summed E-state index contributed by atoms with van der Waals surface area (Å²) in [6.45, 7) is 3.08. The molecule has 0 bridgehead atoms. The second-order valence-corrected chi connectivity index (χ2v) is 6.17. The van der Waals surface area contributed by atoms with Gasteiger partial charge in [-0.2, -0.15) is 0 Å². The number of aromatic nitrogens is 2. The van der Waals surface area contributed by atoms with Crippen molar-refractivity contribution in [1.29, 1.82) is 0 Å². The molecule has 0 spiro atoms. The zero-order chi connectivity index (χ0) is 16.1. The average molecular weight is 310 g/mol. The third-order valence-electron chi connectivity index (χ3n) is 4.62. The number of allylic oxidation sites excluding steroid dienone is 1. The minimum atomic E-state index is 0.885. The van der Waals surface area contributed by atoms with Gasteiger partial charge in [-0.05, 0) is 54.9 Å². The third-order valence-corrected chi connectivity index (χ3v) is 4.62. The van der Waals surface area contributed by atoms with Gasteiger partial charge in [-0.1, -0.05) is 25.1 Å². The molecule has 23 heavy (non-hydrogen) atoms. The largest absolute Gasteiger partial charge is 0.496 e. The SMILES string of the molecule is CCCc1nccn1C/C=C/c1ccc(OC)c2c1CCCC2. The summed E-state index contributed by atoms with van der Waals surface area (Å²) in [5, 5.41) is 0. The summed E-state index contributed by atoms with van der Waals surface area (Å²) in [7, 11) is 1.77. The lowest BCUT2D eigenvalue weighted by molar-refractivity contribution is 0.406. The maximum atomic E-state index is 5.54. The van der Waals surface area contributed by atoms with Crippen molar-refractivity contribution in [3.05, 3.63) is 53.1 Å². The Balaban J connectivity index is 1.78. The fraction of sp³-hybridized carbons (Fsp3) is 0.450. The van der Waals surface area contributed by atoms with Crippen molar-refractivity contribution in [2.24, 2.45) is 0 Å². The summed E-state index contributed by atoms with van der Waals surface area (Å²) in [5.41, 5.74) is 4.24. The first-order chi connectivity index (χ1) is 11.3. The molecule has 1 aliphatic carbocycles. The van der Waals surface area contributed by atoms with Crippen LogP contribution in [0.15, 0.2) is 30.6 Å². The van der Waals surface area contributed by atoms with Crippen LogP contribution >= 0.6 is 0 Å². The van der Waals surface area contributed by atoms with Gasteiger partial charge in [0.2, 0.25) is 0 Å². The molecule has 3 nitrogen and oxygen atoms in total. The highest BCUT2D eigenvalue weighted by molar-refractivity contribution is 5.60. The van der Waals surface area contributed by atoms with E-state index in [1.165, 1.54) is 41.8 Å². The Morgan fingerprint density at radius 1 is 1.22 bits per heavy atom. The van der Waals surface area contributed by atoms with E-state index in [9.17, 15) is 0 Å². The van der Waals surface area contributed by atoms with Gasteiger partial charge in [0.05, 0.1) is 7.11 Å². The Bertz CT molecular complexity index is 685. The normalized spacial score (nSPS) is 14.2. The summed E-state index contributed by atoms with van der Waals surface area (Å²) < 4.78 is 7.77.